The van der Waals surface area contributed by atoms with Crippen LogP contribution >= 0.6 is 0 Å². The van der Waals surface area contributed by atoms with Crippen LogP contribution < -0.4 is 5.32 Å². The molecule has 0 radical (unpaired) electrons. The zero-order valence-electron chi connectivity index (χ0n) is 13.7. The number of nitrogens with one attached hydrogen (secondary N) is 1. The van der Waals surface area contributed by atoms with Crippen molar-refractivity contribution in [2.75, 3.05) is 19.4 Å². The van der Waals surface area contributed by atoms with Crippen LogP contribution in [0.4, 0.5) is 11.4 Å². The van der Waals surface area contributed by atoms with Gasteiger partial charge in [0.2, 0.25) is 0 Å². The van der Waals surface area contributed by atoms with Gasteiger partial charge < -0.3 is 5.32 Å². The van der Waals surface area contributed by atoms with Crippen molar-refractivity contribution in [2.24, 2.45) is 4.99 Å². The van der Waals surface area contributed by atoms with Gasteiger partial charge in [-0.2, -0.15) is 0 Å². The maximum atomic E-state index is 4.45. The van der Waals surface area contributed by atoms with Crippen LogP contribution in [0.5, 0.6) is 0 Å². The lowest BCUT2D eigenvalue weighted by atomic mass is 10.0. The third-order valence-corrected chi connectivity index (χ3v) is 3.88. The summed E-state index contributed by atoms with van der Waals surface area (Å²) in [7, 11) is 4.06. The number of nitrogens with zero attached hydrogens (tertiary/aromatic N) is 3. The molecule has 2 rings (SSSR count). The van der Waals surface area contributed by atoms with Gasteiger partial charge in [0.1, 0.15) is 0 Å². The molecule has 1 atom stereocenters. The summed E-state index contributed by atoms with van der Waals surface area (Å²) in [5.74, 6) is 0. The van der Waals surface area contributed by atoms with E-state index in [-0.39, 0.29) is 0 Å². The molecule has 0 saturated heterocycles. The highest BCUT2D eigenvalue weighted by atomic mass is 15.1. The van der Waals surface area contributed by atoms with Crippen molar-refractivity contribution in [3.05, 3.63) is 53.9 Å². The van der Waals surface area contributed by atoms with Crippen LogP contribution in [-0.4, -0.2) is 30.2 Å². The van der Waals surface area contributed by atoms with Crippen molar-refractivity contribution >= 4 is 17.6 Å². The van der Waals surface area contributed by atoms with Crippen molar-refractivity contribution in [1.82, 2.24) is 9.88 Å². The molecule has 0 spiro atoms. The third kappa shape index (κ3) is 3.92. The van der Waals surface area contributed by atoms with E-state index in [1.807, 2.05) is 32.6 Å². The quantitative estimate of drug-likeness (QED) is 0.818. The van der Waals surface area contributed by atoms with Crippen LogP contribution in [-0.2, 0) is 6.54 Å². The molecule has 22 heavy (non-hydrogen) atoms. The van der Waals surface area contributed by atoms with E-state index >= 15 is 0 Å². The second-order valence-electron chi connectivity index (χ2n) is 5.36. The number of benzene rings is 1. The SMILES string of the molecule is CC=Nc1cc(C(C)N(C)Cc2ccncc2)ccc1NC. The van der Waals surface area contributed by atoms with Crippen molar-refractivity contribution in [2.45, 2.75) is 26.4 Å². The molecule has 0 aliphatic heterocycles. The molecule has 1 unspecified atom stereocenters. The van der Waals surface area contributed by atoms with Crippen molar-refractivity contribution in [3.8, 4) is 0 Å². The second-order valence-corrected chi connectivity index (χ2v) is 5.36. The smallest absolute Gasteiger partial charge is 0.0860 e. The minimum atomic E-state index is 0.310. The fourth-order valence-corrected chi connectivity index (χ4v) is 2.43. The van der Waals surface area contributed by atoms with Gasteiger partial charge in [-0.05, 0) is 56.3 Å². The number of pyridine rings is 1. The predicted octanol–water partition coefficient (Wildman–Crippen LogP) is 4.04. The highest BCUT2D eigenvalue weighted by Gasteiger charge is 2.13. The largest absolute Gasteiger partial charge is 0.386 e. The van der Waals surface area contributed by atoms with Gasteiger partial charge in [0.15, 0.2) is 0 Å². The molecule has 1 aromatic heterocycles. The molecule has 116 valence electrons. The lowest BCUT2D eigenvalue weighted by molar-refractivity contribution is 0.253. The van der Waals surface area contributed by atoms with Gasteiger partial charge in [-0.15, -0.1) is 0 Å². The van der Waals surface area contributed by atoms with Crippen LogP contribution in [0.2, 0.25) is 0 Å². The Kier molecular flexibility index (Phi) is 5.67. The van der Waals surface area contributed by atoms with Crippen molar-refractivity contribution in [1.29, 1.82) is 0 Å². The molecule has 0 bridgehead atoms. The topological polar surface area (TPSA) is 40.5 Å². The second kappa shape index (κ2) is 7.71. The molecule has 1 N–H and O–H groups in total. The molecule has 0 aliphatic carbocycles. The van der Waals surface area contributed by atoms with Crippen LogP contribution in [0.1, 0.15) is 31.0 Å². The fourth-order valence-electron chi connectivity index (χ4n) is 2.43. The average molecular weight is 296 g/mol. The first-order chi connectivity index (χ1) is 10.7. The Hall–Kier alpha value is -2.20. The zero-order chi connectivity index (χ0) is 15.9. The maximum Gasteiger partial charge on any atom is 0.0860 e. The van der Waals surface area contributed by atoms with Gasteiger partial charge in [0, 0.05) is 38.2 Å². The summed E-state index contributed by atoms with van der Waals surface area (Å²) in [6, 6.07) is 10.8. The predicted molar refractivity (Wildman–Crippen MR) is 93.9 cm³/mol. The first kappa shape index (κ1) is 16.2. The molecule has 0 fully saturated rings. The number of hydrogen-bond acceptors (Lipinski definition) is 4. The summed E-state index contributed by atoms with van der Waals surface area (Å²) in [5, 5.41) is 3.18. The molecule has 0 amide bonds. The van der Waals surface area contributed by atoms with E-state index in [1.54, 1.807) is 0 Å². The first-order valence-corrected chi connectivity index (χ1v) is 7.55. The average Bonchev–Trinajstić information content (AvgIpc) is 2.55. The maximum absolute atomic E-state index is 4.45. The number of anilines is 1. The highest BCUT2D eigenvalue weighted by molar-refractivity contribution is 5.72. The minimum absolute atomic E-state index is 0.310. The Labute approximate surface area is 132 Å². The third-order valence-electron chi connectivity index (χ3n) is 3.88. The van der Waals surface area contributed by atoms with E-state index in [0.717, 1.165) is 17.9 Å². The van der Waals surface area contributed by atoms with E-state index < -0.39 is 0 Å². The van der Waals surface area contributed by atoms with Crippen LogP contribution in [0, 0.1) is 0 Å². The number of aromatic nitrogens is 1. The molecular formula is C18H24N4. The molecule has 0 aliphatic rings. The van der Waals surface area contributed by atoms with Crippen LogP contribution in [0.25, 0.3) is 0 Å². The fraction of sp³-hybridized carbons (Fsp3) is 0.333. The standard InChI is InChI=1S/C18H24N4/c1-5-21-18-12-16(6-7-17(18)19-3)14(2)22(4)13-15-8-10-20-11-9-15/h5-12,14,19H,13H2,1-4H3. The normalized spacial score (nSPS) is 12.8. The molecule has 1 heterocycles. The van der Waals surface area contributed by atoms with Gasteiger partial charge in [-0.1, -0.05) is 6.07 Å². The van der Waals surface area contributed by atoms with Crippen molar-refractivity contribution < 1.29 is 0 Å². The highest BCUT2D eigenvalue weighted by Crippen LogP contribution is 2.30. The molecule has 4 heteroatoms. The lowest BCUT2D eigenvalue weighted by Crippen LogP contribution is -2.21. The van der Waals surface area contributed by atoms with Gasteiger partial charge in [-0.3, -0.25) is 14.9 Å². The van der Waals surface area contributed by atoms with Crippen molar-refractivity contribution in [3.63, 3.8) is 0 Å². The van der Waals surface area contributed by atoms with E-state index in [9.17, 15) is 0 Å². The Bertz CT molecular complexity index is 622. The number of rotatable bonds is 6. The monoisotopic (exact) mass is 296 g/mol. The Morgan fingerprint density at radius 1 is 1.27 bits per heavy atom. The lowest BCUT2D eigenvalue weighted by Gasteiger charge is -2.25. The van der Waals surface area contributed by atoms with E-state index in [2.05, 4.69) is 64.5 Å². The minimum Gasteiger partial charge on any atom is -0.386 e. The summed E-state index contributed by atoms with van der Waals surface area (Å²) < 4.78 is 0. The first-order valence-electron chi connectivity index (χ1n) is 7.55. The van der Waals surface area contributed by atoms with Gasteiger partial charge in [0.25, 0.3) is 0 Å². The summed E-state index contributed by atoms with van der Waals surface area (Å²) >= 11 is 0. The van der Waals surface area contributed by atoms with Gasteiger partial charge in [0.05, 0.1) is 11.4 Å². The molecule has 0 saturated carbocycles. The zero-order valence-corrected chi connectivity index (χ0v) is 13.7. The number of hydrogen-bond donors (Lipinski definition) is 1. The van der Waals surface area contributed by atoms with Gasteiger partial charge in [-0.25, -0.2) is 0 Å². The van der Waals surface area contributed by atoms with Crippen LogP contribution in [0.3, 0.4) is 0 Å². The summed E-state index contributed by atoms with van der Waals surface area (Å²) in [5.41, 5.74) is 4.55. The summed E-state index contributed by atoms with van der Waals surface area (Å²) in [6.45, 7) is 5.05. The summed E-state index contributed by atoms with van der Waals surface area (Å²) in [4.78, 5) is 10.8. The summed E-state index contributed by atoms with van der Waals surface area (Å²) in [6.07, 6.45) is 5.50. The molecule has 4 nitrogen and oxygen atoms in total. The number of aliphatic imine (C=N–C) groups is 1. The van der Waals surface area contributed by atoms with E-state index in [1.165, 1.54) is 11.1 Å². The Morgan fingerprint density at radius 3 is 2.64 bits per heavy atom. The molecular weight excluding hydrogens is 272 g/mol. The molecule has 1 aromatic carbocycles. The van der Waals surface area contributed by atoms with E-state index in [0.29, 0.717) is 6.04 Å². The van der Waals surface area contributed by atoms with Gasteiger partial charge >= 0.3 is 0 Å². The Morgan fingerprint density at radius 2 is 2.00 bits per heavy atom. The van der Waals surface area contributed by atoms with E-state index in [4.69, 9.17) is 0 Å². The molecule has 2 aromatic rings. The van der Waals surface area contributed by atoms with Crippen LogP contribution in [0.15, 0.2) is 47.7 Å². The Balaban J connectivity index is 2.17.